The molecule has 0 heterocycles. The first-order chi connectivity index (χ1) is 8.92. The first kappa shape index (κ1) is 16.1. The molecule has 0 aliphatic carbocycles. The summed E-state index contributed by atoms with van der Waals surface area (Å²) in [5, 5.41) is 3.49. The average Bonchev–Trinajstić information content (AvgIpc) is 2.32. The Labute approximate surface area is 116 Å². The summed E-state index contributed by atoms with van der Waals surface area (Å²) in [7, 11) is 0. The van der Waals surface area contributed by atoms with E-state index in [2.05, 4.69) is 26.1 Å². The number of nitrogens with one attached hydrogen (secondary N) is 1. The highest BCUT2D eigenvalue weighted by Gasteiger charge is 2.16. The van der Waals surface area contributed by atoms with E-state index >= 15 is 0 Å². The number of rotatable bonds is 7. The van der Waals surface area contributed by atoms with E-state index in [0.29, 0.717) is 6.61 Å². The molecule has 0 bridgehead atoms. The summed E-state index contributed by atoms with van der Waals surface area (Å²) in [6.45, 7) is 10.7. The van der Waals surface area contributed by atoms with Crippen molar-refractivity contribution in [3.05, 3.63) is 35.6 Å². The van der Waals surface area contributed by atoms with E-state index in [4.69, 9.17) is 4.74 Å². The number of hydrogen-bond acceptors (Lipinski definition) is 2. The maximum atomic E-state index is 13.3. The van der Waals surface area contributed by atoms with Gasteiger partial charge in [-0.05, 0) is 57.7 Å². The van der Waals surface area contributed by atoms with Gasteiger partial charge >= 0.3 is 0 Å². The van der Waals surface area contributed by atoms with Crippen LogP contribution in [0.1, 0.15) is 45.6 Å². The Bertz CT molecular complexity index is 373. The summed E-state index contributed by atoms with van der Waals surface area (Å²) in [5.74, 6) is 0.108. The Kier molecular flexibility index (Phi) is 6.46. The maximum Gasteiger partial charge on any atom is 0.123 e. The van der Waals surface area contributed by atoms with Gasteiger partial charge in [-0.25, -0.2) is 4.39 Å². The van der Waals surface area contributed by atoms with Crippen molar-refractivity contribution in [2.24, 2.45) is 0 Å². The van der Waals surface area contributed by atoms with Gasteiger partial charge in [0.1, 0.15) is 5.82 Å². The highest BCUT2D eigenvalue weighted by Crippen LogP contribution is 2.21. The molecule has 3 heteroatoms. The van der Waals surface area contributed by atoms with Crippen LogP contribution in [-0.4, -0.2) is 25.3 Å². The third kappa shape index (κ3) is 6.69. The lowest BCUT2D eigenvalue weighted by atomic mass is 9.94. The van der Waals surface area contributed by atoms with Gasteiger partial charge in [-0.1, -0.05) is 12.1 Å². The summed E-state index contributed by atoms with van der Waals surface area (Å²) in [6.07, 6.45) is 0.903. The largest absolute Gasteiger partial charge is 0.382 e. The van der Waals surface area contributed by atoms with Gasteiger partial charge in [-0.15, -0.1) is 0 Å². The van der Waals surface area contributed by atoms with Crippen molar-refractivity contribution < 1.29 is 9.13 Å². The Morgan fingerprint density at radius 3 is 2.63 bits per heavy atom. The zero-order valence-corrected chi connectivity index (χ0v) is 12.5. The fourth-order valence-corrected chi connectivity index (χ4v) is 1.95. The predicted octanol–water partition coefficient (Wildman–Crippen LogP) is 3.72. The van der Waals surface area contributed by atoms with Gasteiger partial charge in [-0.3, -0.25) is 0 Å². The van der Waals surface area contributed by atoms with Gasteiger partial charge in [0.25, 0.3) is 0 Å². The van der Waals surface area contributed by atoms with Crippen LogP contribution in [0.4, 0.5) is 4.39 Å². The molecule has 1 unspecified atom stereocenters. The van der Waals surface area contributed by atoms with Gasteiger partial charge in [0.05, 0.1) is 0 Å². The van der Waals surface area contributed by atoms with Crippen LogP contribution in [0.2, 0.25) is 0 Å². The minimum Gasteiger partial charge on any atom is -0.382 e. The second kappa shape index (κ2) is 7.61. The molecule has 1 aromatic carbocycles. The third-order valence-corrected chi connectivity index (χ3v) is 3.01. The first-order valence-corrected chi connectivity index (χ1v) is 7.00. The molecular weight excluding hydrogens is 241 g/mol. The molecule has 0 saturated heterocycles. The molecule has 1 rings (SSSR count). The van der Waals surface area contributed by atoms with E-state index in [-0.39, 0.29) is 17.3 Å². The van der Waals surface area contributed by atoms with Crippen molar-refractivity contribution in [1.82, 2.24) is 5.32 Å². The Balaban J connectivity index is 2.68. The highest BCUT2D eigenvalue weighted by molar-refractivity contribution is 5.21. The molecule has 2 nitrogen and oxygen atoms in total. The molecule has 0 saturated carbocycles. The lowest BCUT2D eigenvalue weighted by molar-refractivity contribution is 0.138. The molecule has 108 valence electrons. The molecule has 0 radical (unpaired) electrons. The second-order valence-electron chi connectivity index (χ2n) is 5.87. The topological polar surface area (TPSA) is 21.3 Å². The van der Waals surface area contributed by atoms with E-state index < -0.39 is 0 Å². The lowest BCUT2D eigenvalue weighted by Gasteiger charge is -2.25. The molecular formula is C16H26FNO. The predicted molar refractivity (Wildman–Crippen MR) is 78.0 cm³/mol. The smallest absolute Gasteiger partial charge is 0.123 e. The average molecular weight is 267 g/mol. The molecule has 19 heavy (non-hydrogen) atoms. The number of benzene rings is 1. The van der Waals surface area contributed by atoms with Crippen LogP contribution in [0.3, 0.4) is 0 Å². The molecule has 0 aliphatic heterocycles. The molecule has 0 aliphatic rings. The molecule has 0 fully saturated rings. The van der Waals surface area contributed by atoms with Crippen LogP contribution in [-0.2, 0) is 4.74 Å². The van der Waals surface area contributed by atoms with E-state index in [0.717, 1.165) is 25.1 Å². The van der Waals surface area contributed by atoms with Crippen LogP contribution in [0.15, 0.2) is 24.3 Å². The Morgan fingerprint density at radius 2 is 2.05 bits per heavy atom. The lowest BCUT2D eigenvalue weighted by Crippen LogP contribution is -2.38. The van der Waals surface area contributed by atoms with Gasteiger partial charge < -0.3 is 10.1 Å². The van der Waals surface area contributed by atoms with Crippen LogP contribution in [0, 0.1) is 5.82 Å². The molecule has 1 N–H and O–H groups in total. The van der Waals surface area contributed by atoms with Crippen molar-refractivity contribution >= 4 is 0 Å². The number of halogens is 1. The van der Waals surface area contributed by atoms with Crippen molar-refractivity contribution in [3.8, 4) is 0 Å². The highest BCUT2D eigenvalue weighted by atomic mass is 19.1. The third-order valence-electron chi connectivity index (χ3n) is 3.01. The fourth-order valence-electron chi connectivity index (χ4n) is 1.95. The van der Waals surface area contributed by atoms with Crippen LogP contribution < -0.4 is 5.32 Å². The van der Waals surface area contributed by atoms with E-state index in [9.17, 15) is 4.39 Å². The SMILES string of the molecule is CCOCCC(CNC(C)(C)C)c1cccc(F)c1. The second-order valence-corrected chi connectivity index (χ2v) is 5.87. The van der Waals surface area contributed by atoms with Crippen LogP contribution in [0.25, 0.3) is 0 Å². The Morgan fingerprint density at radius 1 is 1.32 bits per heavy atom. The summed E-state index contributed by atoms with van der Waals surface area (Å²) >= 11 is 0. The Hall–Kier alpha value is -0.930. The van der Waals surface area contributed by atoms with Gasteiger partial charge in [0.15, 0.2) is 0 Å². The molecule has 0 amide bonds. The molecule has 1 aromatic rings. The van der Waals surface area contributed by atoms with Crippen molar-refractivity contribution in [1.29, 1.82) is 0 Å². The van der Waals surface area contributed by atoms with E-state index in [1.807, 2.05) is 13.0 Å². The van der Waals surface area contributed by atoms with Crippen molar-refractivity contribution in [2.75, 3.05) is 19.8 Å². The number of hydrogen-bond donors (Lipinski definition) is 1. The summed E-state index contributed by atoms with van der Waals surface area (Å²) < 4.78 is 18.8. The maximum absolute atomic E-state index is 13.3. The summed E-state index contributed by atoms with van der Waals surface area (Å²) in [4.78, 5) is 0. The van der Waals surface area contributed by atoms with Gasteiger partial charge in [0, 0.05) is 25.3 Å². The van der Waals surface area contributed by atoms with E-state index in [1.54, 1.807) is 12.1 Å². The van der Waals surface area contributed by atoms with Gasteiger partial charge in [0.2, 0.25) is 0 Å². The minimum atomic E-state index is -0.172. The van der Waals surface area contributed by atoms with Crippen molar-refractivity contribution in [2.45, 2.75) is 45.6 Å². The quantitative estimate of drug-likeness (QED) is 0.760. The monoisotopic (exact) mass is 267 g/mol. The van der Waals surface area contributed by atoms with Crippen LogP contribution >= 0.6 is 0 Å². The zero-order valence-electron chi connectivity index (χ0n) is 12.5. The number of ether oxygens (including phenoxy) is 1. The summed E-state index contributed by atoms with van der Waals surface area (Å²) in [6, 6.07) is 6.88. The standard InChI is InChI=1S/C16H26FNO/c1-5-19-10-9-14(12-18-16(2,3)4)13-7-6-8-15(17)11-13/h6-8,11,14,18H,5,9-10,12H2,1-4H3. The van der Waals surface area contributed by atoms with Gasteiger partial charge in [-0.2, -0.15) is 0 Å². The normalized spacial score (nSPS) is 13.5. The zero-order chi connectivity index (χ0) is 14.3. The molecule has 0 spiro atoms. The van der Waals surface area contributed by atoms with Crippen LogP contribution in [0.5, 0.6) is 0 Å². The minimum absolute atomic E-state index is 0.0667. The first-order valence-electron chi connectivity index (χ1n) is 7.00. The molecule has 1 atom stereocenters. The van der Waals surface area contributed by atoms with Crippen molar-refractivity contribution in [3.63, 3.8) is 0 Å². The molecule has 0 aromatic heterocycles. The summed E-state index contributed by atoms with van der Waals surface area (Å²) in [5.41, 5.74) is 1.11. The fraction of sp³-hybridized carbons (Fsp3) is 0.625. The van der Waals surface area contributed by atoms with E-state index in [1.165, 1.54) is 6.07 Å².